The third-order valence-corrected chi connectivity index (χ3v) is 7.38. The number of aliphatic hydroxyl groups is 1. The van der Waals surface area contributed by atoms with Crippen molar-refractivity contribution in [2.45, 2.75) is 25.2 Å². The molecule has 2 N–H and O–H groups in total. The molecule has 6 nitrogen and oxygen atoms in total. The second-order valence-electron chi connectivity index (χ2n) is 9.32. The van der Waals surface area contributed by atoms with Gasteiger partial charge in [0.1, 0.15) is 5.82 Å². The molecule has 0 bridgehead atoms. The van der Waals surface area contributed by atoms with Crippen LogP contribution in [0.3, 0.4) is 0 Å². The quantitative estimate of drug-likeness (QED) is 0.338. The van der Waals surface area contributed by atoms with Gasteiger partial charge in [-0.3, -0.25) is 4.79 Å². The number of nitrogens with zero attached hydrogens (tertiary/aromatic N) is 2. The highest BCUT2D eigenvalue weighted by atomic mass is 35.5. The van der Waals surface area contributed by atoms with Crippen molar-refractivity contribution in [3.8, 4) is 5.69 Å². The minimum atomic E-state index is -0.745. The normalized spacial score (nSPS) is 19.3. The van der Waals surface area contributed by atoms with E-state index in [4.69, 9.17) is 33.0 Å². The molecule has 0 unspecified atom stereocenters. The number of aliphatic hydroxyl groups excluding tert-OH is 1. The second kappa shape index (κ2) is 10.0. The van der Waals surface area contributed by atoms with E-state index in [-0.39, 0.29) is 24.7 Å². The lowest BCUT2D eigenvalue weighted by molar-refractivity contribution is 0.0846. The largest absolute Gasteiger partial charge is 0.390 e. The first kappa shape index (κ1) is 24.8. The van der Waals surface area contributed by atoms with Crippen LogP contribution in [0.15, 0.2) is 66.7 Å². The highest BCUT2D eigenvalue weighted by molar-refractivity contribution is 6.35. The van der Waals surface area contributed by atoms with Gasteiger partial charge in [0.25, 0.3) is 5.91 Å². The molecule has 0 radical (unpaired) electrons. The highest BCUT2D eigenvalue weighted by Gasteiger charge is 2.35. The topological polar surface area (TPSA) is 76.4 Å². The fourth-order valence-electron chi connectivity index (χ4n) is 5.09. The first-order valence-electron chi connectivity index (χ1n) is 12.1. The van der Waals surface area contributed by atoms with Gasteiger partial charge in [0.2, 0.25) is 0 Å². The molecule has 6 rings (SSSR count). The zero-order valence-corrected chi connectivity index (χ0v) is 21.5. The molecule has 2 aliphatic rings. The van der Waals surface area contributed by atoms with Gasteiger partial charge in [-0.05, 0) is 53.1 Å². The summed E-state index contributed by atoms with van der Waals surface area (Å²) in [5, 5.41) is 19.2. The minimum Gasteiger partial charge on any atom is -0.390 e. The number of fused-ring (bicyclic) bond motifs is 2. The van der Waals surface area contributed by atoms with Gasteiger partial charge in [-0.1, -0.05) is 59.6 Å². The van der Waals surface area contributed by atoms with E-state index >= 15 is 0 Å². The van der Waals surface area contributed by atoms with Crippen LogP contribution in [0.2, 0.25) is 10.0 Å². The molecule has 0 fully saturated rings. The predicted octanol–water partition coefficient (Wildman–Crippen LogP) is 5.78. The Kier molecular flexibility index (Phi) is 6.53. The van der Waals surface area contributed by atoms with Crippen molar-refractivity contribution in [3.63, 3.8) is 0 Å². The van der Waals surface area contributed by atoms with Crippen molar-refractivity contribution < 1.29 is 19.0 Å². The van der Waals surface area contributed by atoms with Crippen molar-refractivity contribution >= 4 is 40.8 Å². The van der Waals surface area contributed by atoms with E-state index in [0.717, 1.165) is 22.3 Å². The van der Waals surface area contributed by atoms with Crippen molar-refractivity contribution in [2.24, 2.45) is 0 Å². The molecule has 0 saturated carbocycles. The van der Waals surface area contributed by atoms with E-state index in [9.17, 15) is 14.3 Å². The Bertz CT molecular complexity index is 1580. The Hall–Kier alpha value is -3.49. The van der Waals surface area contributed by atoms with Gasteiger partial charge >= 0.3 is 0 Å². The Morgan fingerprint density at radius 2 is 1.89 bits per heavy atom. The standard InChI is InChI=1S/C29H22Cl2FN3O3/c30-19-7-10-24(23(31)13-19)35-28-18(11-16-5-8-20(32)9-6-16)14-38-15-22(28)27(34-35)29(37)33-26-21-4-2-1-3-17(21)12-25(26)36/h1-11,13,25-26,36H,12,14-15H2,(H,33,37)/b18-11+/t25-,26+/m0/s1. The van der Waals surface area contributed by atoms with Gasteiger partial charge in [0.15, 0.2) is 5.69 Å². The van der Waals surface area contributed by atoms with E-state index in [0.29, 0.717) is 33.4 Å². The third-order valence-electron chi connectivity index (χ3n) is 6.85. The van der Waals surface area contributed by atoms with E-state index in [2.05, 4.69) is 5.32 Å². The van der Waals surface area contributed by atoms with Crippen molar-refractivity contribution in [1.29, 1.82) is 0 Å². The summed E-state index contributed by atoms with van der Waals surface area (Å²) in [5.74, 6) is -0.766. The van der Waals surface area contributed by atoms with Gasteiger partial charge in [-0.15, -0.1) is 0 Å². The van der Waals surface area contributed by atoms with Crippen LogP contribution in [0.1, 0.15) is 44.5 Å². The van der Waals surface area contributed by atoms with E-state index in [1.165, 1.54) is 12.1 Å². The van der Waals surface area contributed by atoms with Crippen molar-refractivity contribution in [1.82, 2.24) is 15.1 Å². The van der Waals surface area contributed by atoms with E-state index in [1.807, 2.05) is 30.3 Å². The molecule has 2 atom stereocenters. The summed E-state index contributed by atoms with van der Waals surface area (Å²) in [6.45, 7) is 0.422. The van der Waals surface area contributed by atoms with E-state index in [1.54, 1.807) is 35.0 Å². The molecule has 9 heteroatoms. The monoisotopic (exact) mass is 549 g/mol. The smallest absolute Gasteiger partial charge is 0.272 e. The molecule has 4 aromatic rings. The number of hydrogen-bond acceptors (Lipinski definition) is 4. The summed E-state index contributed by atoms with van der Waals surface area (Å²) in [4.78, 5) is 13.6. The summed E-state index contributed by atoms with van der Waals surface area (Å²) in [7, 11) is 0. The molecular weight excluding hydrogens is 528 g/mol. The Morgan fingerprint density at radius 3 is 2.68 bits per heavy atom. The lowest BCUT2D eigenvalue weighted by Gasteiger charge is -2.20. The predicted molar refractivity (Wildman–Crippen MR) is 144 cm³/mol. The van der Waals surface area contributed by atoms with Crippen LogP contribution in [0.25, 0.3) is 17.3 Å². The molecule has 192 valence electrons. The minimum absolute atomic E-state index is 0.161. The number of aromatic nitrogens is 2. The SMILES string of the molecule is O=C(N[C@@H]1c2ccccc2C[C@@H]1O)c1nn(-c2ccc(Cl)cc2Cl)c2c1COC/C2=C\c1ccc(F)cc1. The molecule has 2 heterocycles. The lowest BCUT2D eigenvalue weighted by atomic mass is 10.0. The number of carbonyl (C=O) groups is 1. The number of amides is 1. The molecule has 3 aromatic carbocycles. The Balaban J connectivity index is 1.46. The number of halogens is 3. The van der Waals surface area contributed by atoms with Crippen LogP contribution < -0.4 is 5.32 Å². The van der Waals surface area contributed by atoms with Crippen LogP contribution in [0.4, 0.5) is 4.39 Å². The fraction of sp³-hybridized carbons (Fsp3) is 0.172. The van der Waals surface area contributed by atoms with Gasteiger partial charge in [0, 0.05) is 22.6 Å². The average Bonchev–Trinajstić information content (AvgIpc) is 3.44. The molecule has 1 aromatic heterocycles. The molecule has 1 amide bonds. The average molecular weight is 550 g/mol. The van der Waals surface area contributed by atoms with Crippen LogP contribution in [-0.2, 0) is 17.8 Å². The number of nitrogens with one attached hydrogen (secondary N) is 1. The molecular formula is C29H22Cl2FN3O3. The third kappa shape index (κ3) is 4.52. The molecule has 38 heavy (non-hydrogen) atoms. The van der Waals surface area contributed by atoms with Crippen LogP contribution in [0.5, 0.6) is 0 Å². The maximum atomic E-state index is 13.6. The zero-order valence-electron chi connectivity index (χ0n) is 20.0. The summed E-state index contributed by atoms with van der Waals surface area (Å²) >= 11 is 12.7. The molecule has 0 spiro atoms. The summed E-state index contributed by atoms with van der Waals surface area (Å²) in [6.07, 6.45) is 1.59. The van der Waals surface area contributed by atoms with Crippen LogP contribution >= 0.6 is 23.2 Å². The summed E-state index contributed by atoms with van der Waals surface area (Å²) in [6, 6.07) is 18.2. The van der Waals surface area contributed by atoms with Crippen molar-refractivity contribution in [2.75, 3.05) is 6.61 Å². The van der Waals surface area contributed by atoms with Crippen molar-refractivity contribution in [3.05, 3.63) is 116 Å². The number of rotatable bonds is 4. The summed E-state index contributed by atoms with van der Waals surface area (Å²) < 4.78 is 21.0. The van der Waals surface area contributed by atoms with Gasteiger partial charge in [0.05, 0.1) is 41.8 Å². The number of benzene rings is 3. The fourth-order valence-corrected chi connectivity index (χ4v) is 5.57. The van der Waals surface area contributed by atoms with Gasteiger partial charge < -0.3 is 15.2 Å². The Labute approximate surface area is 228 Å². The zero-order chi connectivity index (χ0) is 26.4. The first-order chi connectivity index (χ1) is 18.4. The second-order valence-corrected chi connectivity index (χ2v) is 10.2. The lowest BCUT2D eigenvalue weighted by Crippen LogP contribution is -2.34. The number of hydrogen-bond donors (Lipinski definition) is 2. The number of carbonyl (C=O) groups excluding carboxylic acids is 1. The summed E-state index contributed by atoms with van der Waals surface area (Å²) in [5.41, 5.74) is 5.38. The highest BCUT2D eigenvalue weighted by Crippen LogP contribution is 2.36. The van der Waals surface area contributed by atoms with Gasteiger partial charge in [-0.25, -0.2) is 9.07 Å². The maximum Gasteiger partial charge on any atom is 0.272 e. The number of ether oxygens (including phenoxy) is 1. The molecule has 1 aliphatic carbocycles. The maximum absolute atomic E-state index is 13.6. The van der Waals surface area contributed by atoms with Crippen LogP contribution in [-0.4, -0.2) is 33.5 Å². The van der Waals surface area contributed by atoms with Gasteiger partial charge in [-0.2, -0.15) is 5.10 Å². The Morgan fingerprint density at radius 1 is 1.11 bits per heavy atom. The van der Waals surface area contributed by atoms with E-state index < -0.39 is 18.1 Å². The molecule has 1 aliphatic heterocycles. The first-order valence-corrected chi connectivity index (χ1v) is 12.8. The van der Waals surface area contributed by atoms with Crippen LogP contribution in [0, 0.1) is 5.82 Å². The molecule has 0 saturated heterocycles.